The van der Waals surface area contributed by atoms with Gasteiger partial charge in [0.15, 0.2) is 0 Å². The second kappa shape index (κ2) is 16.7. The van der Waals surface area contributed by atoms with E-state index in [2.05, 4.69) is 229 Å². The Hall–Kier alpha value is -6.12. The molecule has 0 heterocycles. The van der Waals surface area contributed by atoms with E-state index in [4.69, 9.17) is 0 Å². The van der Waals surface area contributed by atoms with Gasteiger partial charge in [-0.15, -0.1) is 0 Å². The minimum atomic E-state index is 0.340. The van der Waals surface area contributed by atoms with E-state index in [1.807, 2.05) is 0 Å². The standard InChI is InChI=1S/C54H54N2/c1-37-12-24-49(25-13-37)55(53-41(5)32-39(3)33-42(53)6)51-28-20-45(21-29-51)16-18-47-10-9-11-48(36-47)19-17-46-22-30-52(31-23-46)56(50-26-14-38(2)15-27-50)54-43(7)34-40(4)35-44(54)8/h9-10,12-36,48H,11H2,1-8H3. The van der Waals surface area contributed by atoms with Gasteiger partial charge in [-0.2, -0.15) is 0 Å². The SMILES string of the molecule is Cc1ccc(N(c2ccc(C=CC3=CC(C=Cc4ccc(N(c5ccc(C)cc5)c5c(C)cc(C)cc5C)cc4)CC=C3)cc2)c2c(C)cc(C)cc2C)cc1. The number of hydrogen-bond donors (Lipinski definition) is 0. The Bertz CT molecular complexity index is 2390. The molecule has 0 saturated heterocycles. The summed E-state index contributed by atoms with van der Waals surface area (Å²) in [7, 11) is 0. The van der Waals surface area contributed by atoms with E-state index in [-0.39, 0.29) is 0 Å². The predicted molar refractivity (Wildman–Crippen MR) is 244 cm³/mol. The van der Waals surface area contributed by atoms with Gasteiger partial charge in [-0.05, 0) is 155 Å². The average Bonchev–Trinajstić information content (AvgIpc) is 3.17. The van der Waals surface area contributed by atoms with E-state index >= 15 is 0 Å². The molecule has 2 nitrogen and oxygen atoms in total. The number of allylic oxidation sites excluding steroid dienone is 6. The van der Waals surface area contributed by atoms with Crippen LogP contribution in [0.25, 0.3) is 12.2 Å². The van der Waals surface area contributed by atoms with Crippen molar-refractivity contribution in [2.45, 2.75) is 61.8 Å². The number of anilines is 6. The fraction of sp³-hybridized carbons (Fsp3) is 0.185. The van der Waals surface area contributed by atoms with E-state index in [1.54, 1.807) is 0 Å². The van der Waals surface area contributed by atoms with Crippen LogP contribution in [0.1, 0.15) is 62.1 Å². The fourth-order valence-electron chi connectivity index (χ4n) is 8.13. The number of hydrogen-bond acceptors (Lipinski definition) is 2. The Balaban J connectivity index is 1.07. The third kappa shape index (κ3) is 8.72. The summed E-state index contributed by atoms with van der Waals surface area (Å²) in [6.07, 6.45) is 17.0. The van der Waals surface area contributed by atoms with Crippen LogP contribution in [0.4, 0.5) is 34.1 Å². The molecule has 7 rings (SSSR count). The van der Waals surface area contributed by atoms with Crippen LogP contribution in [0, 0.1) is 61.3 Å². The molecule has 0 amide bonds. The van der Waals surface area contributed by atoms with Crippen LogP contribution in [0.5, 0.6) is 0 Å². The van der Waals surface area contributed by atoms with Gasteiger partial charge in [0, 0.05) is 22.7 Å². The second-order valence-corrected chi connectivity index (χ2v) is 15.7. The molecule has 0 fully saturated rings. The Labute approximate surface area is 335 Å². The molecule has 0 radical (unpaired) electrons. The zero-order chi connectivity index (χ0) is 39.3. The molecule has 6 aromatic carbocycles. The van der Waals surface area contributed by atoms with Crippen molar-refractivity contribution in [3.63, 3.8) is 0 Å². The van der Waals surface area contributed by atoms with Gasteiger partial charge in [-0.25, -0.2) is 0 Å². The maximum Gasteiger partial charge on any atom is 0.0520 e. The maximum absolute atomic E-state index is 2.39. The minimum Gasteiger partial charge on any atom is -0.310 e. The van der Waals surface area contributed by atoms with Gasteiger partial charge < -0.3 is 9.80 Å². The van der Waals surface area contributed by atoms with Crippen molar-refractivity contribution in [3.8, 4) is 0 Å². The summed E-state index contributed by atoms with van der Waals surface area (Å²) >= 11 is 0. The monoisotopic (exact) mass is 730 g/mol. The lowest BCUT2D eigenvalue weighted by Gasteiger charge is -2.29. The second-order valence-electron chi connectivity index (χ2n) is 15.7. The molecular weight excluding hydrogens is 677 g/mol. The first kappa shape index (κ1) is 38.2. The summed E-state index contributed by atoms with van der Waals surface area (Å²) in [5.74, 6) is 0.340. The van der Waals surface area contributed by atoms with E-state index in [0.717, 1.165) is 23.5 Å². The quantitative estimate of drug-likeness (QED) is 0.138. The highest BCUT2D eigenvalue weighted by atomic mass is 15.2. The number of benzene rings is 6. The van der Waals surface area contributed by atoms with Gasteiger partial charge >= 0.3 is 0 Å². The number of nitrogens with zero attached hydrogens (tertiary/aromatic N) is 2. The third-order valence-electron chi connectivity index (χ3n) is 10.7. The smallest absolute Gasteiger partial charge is 0.0520 e. The Morgan fingerprint density at radius 3 is 1.21 bits per heavy atom. The molecule has 0 N–H and O–H groups in total. The molecule has 280 valence electrons. The number of rotatable bonds is 10. The maximum atomic E-state index is 2.39. The molecule has 0 saturated carbocycles. The lowest BCUT2D eigenvalue weighted by Crippen LogP contribution is -2.13. The van der Waals surface area contributed by atoms with Crippen LogP contribution in [0.15, 0.2) is 157 Å². The summed E-state index contributed by atoms with van der Waals surface area (Å²) in [5, 5.41) is 0. The van der Waals surface area contributed by atoms with Gasteiger partial charge in [-0.1, -0.05) is 138 Å². The molecule has 1 aliphatic carbocycles. The van der Waals surface area contributed by atoms with Crippen molar-refractivity contribution in [2.24, 2.45) is 5.92 Å². The van der Waals surface area contributed by atoms with E-state index < -0.39 is 0 Å². The molecule has 6 aromatic rings. The Morgan fingerprint density at radius 2 is 0.804 bits per heavy atom. The molecule has 0 spiro atoms. The molecule has 0 aliphatic heterocycles. The first-order valence-corrected chi connectivity index (χ1v) is 19.9. The largest absolute Gasteiger partial charge is 0.310 e. The minimum absolute atomic E-state index is 0.340. The average molecular weight is 731 g/mol. The topological polar surface area (TPSA) is 6.48 Å². The molecular formula is C54H54N2. The van der Waals surface area contributed by atoms with Crippen molar-refractivity contribution in [1.82, 2.24) is 0 Å². The normalized spacial score (nSPS) is 14.1. The molecule has 1 unspecified atom stereocenters. The highest BCUT2D eigenvalue weighted by Gasteiger charge is 2.19. The van der Waals surface area contributed by atoms with Crippen LogP contribution in [0.3, 0.4) is 0 Å². The van der Waals surface area contributed by atoms with Crippen molar-refractivity contribution in [1.29, 1.82) is 0 Å². The van der Waals surface area contributed by atoms with Gasteiger partial charge in [0.05, 0.1) is 11.4 Å². The lowest BCUT2D eigenvalue weighted by molar-refractivity contribution is 0.820. The first-order valence-electron chi connectivity index (χ1n) is 19.9. The molecule has 0 bridgehead atoms. The molecule has 2 heteroatoms. The molecule has 1 aliphatic rings. The van der Waals surface area contributed by atoms with Gasteiger partial charge in [0.2, 0.25) is 0 Å². The summed E-state index contributed by atoms with van der Waals surface area (Å²) < 4.78 is 0. The first-order chi connectivity index (χ1) is 27.0. The lowest BCUT2D eigenvalue weighted by atomic mass is 9.94. The zero-order valence-corrected chi connectivity index (χ0v) is 34.3. The zero-order valence-electron chi connectivity index (χ0n) is 34.3. The number of aryl methyl sites for hydroxylation is 8. The van der Waals surface area contributed by atoms with Gasteiger partial charge in [-0.3, -0.25) is 0 Å². The van der Waals surface area contributed by atoms with Crippen LogP contribution < -0.4 is 9.80 Å². The van der Waals surface area contributed by atoms with E-state index in [1.165, 1.54) is 78.3 Å². The summed E-state index contributed by atoms with van der Waals surface area (Å²) in [6, 6.07) is 44.7. The van der Waals surface area contributed by atoms with Crippen molar-refractivity contribution < 1.29 is 0 Å². The fourth-order valence-corrected chi connectivity index (χ4v) is 8.13. The highest BCUT2D eigenvalue weighted by Crippen LogP contribution is 2.41. The third-order valence-corrected chi connectivity index (χ3v) is 10.7. The molecule has 0 aromatic heterocycles. The summed E-state index contributed by atoms with van der Waals surface area (Å²) in [5.41, 5.74) is 20.9. The van der Waals surface area contributed by atoms with E-state index in [9.17, 15) is 0 Å². The summed E-state index contributed by atoms with van der Waals surface area (Å²) in [4.78, 5) is 4.78. The highest BCUT2D eigenvalue weighted by molar-refractivity contribution is 5.82. The van der Waals surface area contributed by atoms with Crippen LogP contribution in [-0.4, -0.2) is 0 Å². The predicted octanol–water partition coefficient (Wildman–Crippen LogP) is 15.3. The van der Waals surface area contributed by atoms with Crippen molar-refractivity contribution in [3.05, 3.63) is 213 Å². The van der Waals surface area contributed by atoms with E-state index in [0.29, 0.717) is 5.92 Å². The Morgan fingerprint density at radius 1 is 0.429 bits per heavy atom. The van der Waals surface area contributed by atoms with Gasteiger partial charge in [0.1, 0.15) is 0 Å². The van der Waals surface area contributed by atoms with Crippen molar-refractivity contribution >= 4 is 46.3 Å². The van der Waals surface area contributed by atoms with Crippen LogP contribution in [0.2, 0.25) is 0 Å². The molecule has 1 atom stereocenters. The van der Waals surface area contributed by atoms with Crippen molar-refractivity contribution in [2.75, 3.05) is 9.80 Å². The van der Waals surface area contributed by atoms with Gasteiger partial charge in [0.25, 0.3) is 0 Å². The molecule has 56 heavy (non-hydrogen) atoms. The van der Waals surface area contributed by atoms with Crippen LogP contribution >= 0.6 is 0 Å². The Kier molecular flexibility index (Phi) is 11.4. The van der Waals surface area contributed by atoms with Crippen LogP contribution in [-0.2, 0) is 0 Å². The summed E-state index contributed by atoms with van der Waals surface area (Å²) in [6.45, 7) is 17.5.